The normalized spacial score (nSPS) is 11.1. The number of hydrogen-bond donors (Lipinski definition) is 1. The van der Waals surface area contributed by atoms with Gasteiger partial charge in [-0.25, -0.2) is 4.39 Å². The van der Waals surface area contributed by atoms with Gasteiger partial charge in [0.05, 0.1) is 11.8 Å². The van der Waals surface area contributed by atoms with Crippen molar-refractivity contribution in [2.75, 3.05) is 5.32 Å². The number of halogens is 1. The Kier molecular flexibility index (Phi) is 3.61. The highest BCUT2D eigenvalue weighted by Gasteiger charge is 2.18. The summed E-state index contributed by atoms with van der Waals surface area (Å²) in [7, 11) is 1.77. The molecule has 0 aliphatic heterocycles. The van der Waals surface area contributed by atoms with Crippen molar-refractivity contribution in [3.05, 3.63) is 72.0 Å². The molecule has 0 atom stereocenters. The quantitative estimate of drug-likeness (QED) is 0.620. The lowest BCUT2D eigenvalue weighted by atomic mass is 10.2. The van der Waals surface area contributed by atoms with Crippen molar-refractivity contribution < 1.29 is 13.6 Å². The summed E-state index contributed by atoms with van der Waals surface area (Å²) in [5.41, 5.74) is 2.55. The lowest BCUT2D eigenvalue weighted by Gasteiger charge is -2.10. The van der Waals surface area contributed by atoms with Gasteiger partial charge in [0.25, 0.3) is 5.91 Å². The maximum atomic E-state index is 13.5. The summed E-state index contributed by atoms with van der Waals surface area (Å²) in [4.78, 5) is 12.7. The molecule has 0 bridgehead atoms. The van der Waals surface area contributed by atoms with E-state index in [1.54, 1.807) is 53.0 Å². The molecule has 0 aliphatic carbocycles. The van der Waals surface area contributed by atoms with Crippen LogP contribution in [0.15, 0.2) is 59.3 Å². The minimum Gasteiger partial charge on any atom is -0.463 e. The van der Waals surface area contributed by atoms with Gasteiger partial charge in [0.2, 0.25) is 0 Å². The van der Waals surface area contributed by atoms with E-state index >= 15 is 0 Å². The molecule has 4 aromatic rings. The Bertz CT molecular complexity index is 1060. The van der Waals surface area contributed by atoms with E-state index in [0.717, 1.165) is 11.1 Å². The SMILES string of the molecule is Cn1ccc(NC(=O)c2cc3occc3n2Cc2cccc(F)c2)n1. The summed E-state index contributed by atoms with van der Waals surface area (Å²) in [6.45, 7) is 0.353. The number of hydrogen-bond acceptors (Lipinski definition) is 3. The van der Waals surface area contributed by atoms with Crippen LogP contribution in [0.5, 0.6) is 0 Å². The standard InChI is InChI=1S/C18H15FN4O2/c1-22-7-5-17(21-22)20-18(24)15-10-16-14(6-8-25-16)23(15)11-12-3-2-4-13(19)9-12/h2-10H,11H2,1H3,(H,20,21,24). The zero-order valence-electron chi connectivity index (χ0n) is 13.4. The average molecular weight is 338 g/mol. The zero-order valence-corrected chi connectivity index (χ0v) is 13.4. The second-order valence-corrected chi connectivity index (χ2v) is 5.74. The molecule has 0 fully saturated rings. The van der Waals surface area contributed by atoms with Crippen LogP contribution in [0.3, 0.4) is 0 Å². The third-order valence-electron chi connectivity index (χ3n) is 3.94. The molecule has 0 saturated carbocycles. The molecule has 0 aliphatic rings. The first-order valence-electron chi connectivity index (χ1n) is 7.72. The lowest BCUT2D eigenvalue weighted by Crippen LogP contribution is -2.18. The first kappa shape index (κ1) is 15.2. The molecule has 0 saturated heterocycles. The maximum Gasteiger partial charge on any atom is 0.273 e. The van der Waals surface area contributed by atoms with Crippen molar-refractivity contribution in [2.24, 2.45) is 7.05 Å². The molecule has 0 spiro atoms. The van der Waals surface area contributed by atoms with Crippen LogP contribution in [0, 0.1) is 5.82 Å². The molecule has 0 radical (unpaired) electrons. The molecule has 6 nitrogen and oxygen atoms in total. The van der Waals surface area contributed by atoms with Crippen LogP contribution in [0.4, 0.5) is 10.2 Å². The van der Waals surface area contributed by atoms with Crippen molar-refractivity contribution in [1.82, 2.24) is 14.3 Å². The van der Waals surface area contributed by atoms with Gasteiger partial charge in [-0.2, -0.15) is 5.10 Å². The summed E-state index contributed by atoms with van der Waals surface area (Å²) < 4.78 is 22.3. The highest BCUT2D eigenvalue weighted by Crippen LogP contribution is 2.23. The van der Waals surface area contributed by atoms with Gasteiger partial charge in [0.15, 0.2) is 11.4 Å². The Hall–Kier alpha value is -3.35. The number of rotatable bonds is 4. The Morgan fingerprint density at radius 2 is 2.16 bits per heavy atom. The van der Waals surface area contributed by atoms with Gasteiger partial charge < -0.3 is 14.3 Å². The molecule has 7 heteroatoms. The molecule has 3 aromatic heterocycles. The molecule has 1 amide bonds. The van der Waals surface area contributed by atoms with Crippen LogP contribution in [0.25, 0.3) is 11.1 Å². The van der Waals surface area contributed by atoms with Gasteiger partial charge >= 0.3 is 0 Å². The van der Waals surface area contributed by atoms with Crippen LogP contribution in [0.2, 0.25) is 0 Å². The molecule has 1 aromatic carbocycles. The zero-order chi connectivity index (χ0) is 17.4. The van der Waals surface area contributed by atoms with Gasteiger partial charge in [-0.15, -0.1) is 0 Å². The van der Waals surface area contributed by atoms with Gasteiger partial charge in [-0.3, -0.25) is 9.48 Å². The predicted molar refractivity (Wildman–Crippen MR) is 90.9 cm³/mol. The van der Waals surface area contributed by atoms with E-state index in [1.807, 2.05) is 6.07 Å². The summed E-state index contributed by atoms with van der Waals surface area (Å²) >= 11 is 0. The molecule has 1 N–H and O–H groups in total. The van der Waals surface area contributed by atoms with Gasteiger partial charge in [-0.1, -0.05) is 12.1 Å². The van der Waals surface area contributed by atoms with Crippen molar-refractivity contribution in [2.45, 2.75) is 6.54 Å². The number of fused-ring (bicyclic) bond motifs is 1. The van der Waals surface area contributed by atoms with E-state index in [2.05, 4.69) is 10.4 Å². The molecule has 3 heterocycles. The highest BCUT2D eigenvalue weighted by molar-refractivity contribution is 6.05. The van der Waals surface area contributed by atoms with E-state index in [1.165, 1.54) is 12.1 Å². The third kappa shape index (κ3) is 2.91. The lowest BCUT2D eigenvalue weighted by molar-refractivity contribution is 0.101. The molecular weight excluding hydrogens is 323 g/mol. The fourth-order valence-corrected chi connectivity index (χ4v) is 2.82. The number of carbonyl (C=O) groups excluding carboxylic acids is 1. The molecule has 4 rings (SSSR count). The monoisotopic (exact) mass is 338 g/mol. The third-order valence-corrected chi connectivity index (χ3v) is 3.94. The van der Waals surface area contributed by atoms with Crippen LogP contribution >= 0.6 is 0 Å². The predicted octanol–water partition coefficient (Wildman–Crippen LogP) is 3.41. The first-order valence-corrected chi connectivity index (χ1v) is 7.72. The topological polar surface area (TPSA) is 65.0 Å². The number of benzene rings is 1. The number of aryl methyl sites for hydroxylation is 1. The minimum atomic E-state index is -0.312. The van der Waals surface area contributed by atoms with Crippen molar-refractivity contribution >= 4 is 22.8 Å². The van der Waals surface area contributed by atoms with Crippen molar-refractivity contribution in [1.29, 1.82) is 0 Å². The second kappa shape index (κ2) is 5.94. The largest absolute Gasteiger partial charge is 0.463 e. The smallest absolute Gasteiger partial charge is 0.273 e. The number of aromatic nitrogens is 3. The summed E-state index contributed by atoms with van der Waals surface area (Å²) in [6.07, 6.45) is 3.31. The van der Waals surface area contributed by atoms with Crippen LogP contribution in [-0.4, -0.2) is 20.3 Å². The Morgan fingerprint density at radius 1 is 1.28 bits per heavy atom. The Labute approximate surface area is 142 Å². The Morgan fingerprint density at radius 3 is 2.92 bits per heavy atom. The van der Waals surface area contributed by atoms with Crippen LogP contribution in [-0.2, 0) is 13.6 Å². The maximum absolute atomic E-state index is 13.5. The van der Waals surface area contributed by atoms with E-state index in [-0.39, 0.29) is 11.7 Å². The first-order chi connectivity index (χ1) is 12.1. The van der Waals surface area contributed by atoms with Gasteiger partial charge in [-0.05, 0) is 17.7 Å². The van der Waals surface area contributed by atoms with Crippen LogP contribution < -0.4 is 5.32 Å². The molecular formula is C18H15FN4O2. The number of amides is 1. The number of carbonyl (C=O) groups is 1. The summed E-state index contributed by atoms with van der Waals surface area (Å²) in [6, 6.07) is 11.5. The minimum absolute atomic E-state index is 0.304. The number of anilines is 1. The Balaban J connectivity index is 1.70. The summed E-state index contributed by atoms with van der Waals surface area (Å²) in [5.74, 6) is -0.156. The summed E-state index contributed by atoms with van der Waals surface area (Å²) in [5, 5.41) is 6.91. The number of furan rings is 1. The highest BCUT2D eigenvalue weighted by atomic mass is 19.1. The van der Waals surface area contributed by atoms with Gasteiger partial charge in [0.1, 0.15) is 11.5 Å². The number of nitrogens with one attached hydrogen (secondary N) is 1. The van der Waals surface area contributed by atoms with Crippen molar-refractivity contribution in [3.8, 4) is 0 Å². The second-order valence-electron chi connectivity index (χ2n) is 5.74. The fraction of sp³-hybridized carbons (Fsp3) is 0.111. The van der Waals surface area contributed by atoms with E-state index in [4.69, 9.17) is 4.42 Å². The number of nitrogens with zero attached hydrogens (tertiary/aromatic N) is 3. The average Bonchev–Trinajstić information content (AvgIpc) is 3.25. The molecule has 0 unspecified atom stereocenters. The van der Waals surface area contributed by atoms with Gasteiger partial charge in [0, 0.05) is 38.0 Å². The van der Waals surface area contributed by atoms with Crippen molar-refractivity contribution in [3.63, 3.8) is 0 Å². The van der Waals surface area contributed by atoms with E-state index < -0.39 is 0 Å². The van der Waals surface area contributed by atoms with E-state index in [0.29, 0.717) is 23.6 Å². The molecule has 126 valence electrons. The van der Waals surface area contributed by atoms with Crippen LogP contribution in [0.1, 0.15) is 16.1 Å². The molecule has 25 heavy (non-hydrogen) atoms. The fourth-order valence-electron chi connectivity index (χ4n) is 2.82. The van der Waals surface area contributed by atoms with E-state index in [9.17, 15) is 9.18 Å².